The number of benzene rings is 2. The molecule has 0 amide bonds. The molecule has 0 aromatic heterocycles. The molecule has 2 unspecified atom stereocenters. The second kappa shape index (κ2) is 11.8. The van der Waals surface area contributed by atoms with E-state index in [-0.39, 0.29) is 5.25 Å². The Hall–Kier alpha value is -0.750. The molecule has 0 fully saturated rings. The number of rotatable bonds is 9. The number of hydrogen-bond acceptors (Lipinski definition) is 4. The second-order valence-electron chi connectivity index (χ2n) is 6.84. The first kappa shape index (κ1) is 25.5. The van der Waals surface area contributed by atoms with Crippen molar-refractivity contribution in [3.63, 3.8) is 0 Å². The summed E-state index contributed by atoms with van der Waals surface area (Å²) in [4.78, 5) is 0. The molecule has 0 saturated carbocycles. The highest BCUT2D eigenvalue weighted by atomic mass is 35.5. The smallest absolute Gasteiger partial charge is 0.332 e. The molecule has 0 saturated heterocycles. The summed E-state index contributed by atoms with van der Waals surface area (Å²) >= 11 is 19.3. The maximum atomic E-state index is 14.0. The maximum absolute atomic E-state index is 14.0. The van der Waals surface area contributed by atoms with Gasteiger partial charge in [-0.3, -0.25) is 9.24 Å². The van der Waals surface area contributed by atoms with E-state index in [1.165, 1.54) is 11.4 Å². The lowest BCUT2D eigenvalue weighted by Gasteiger charge is -2.33. The Labute approximate surface area is 198 Å². The molecule has 164 valence electrons. The van der Waals surface area contributed by atoms with Crippen LogP contribution in [0.1, 0.15) is 38.3 Å². The summed E-state index contributed by atoms with van der Waals surface area (Å²) in [5, 5.41) is 4.54. The number of hydrogen-bond donors (Lipinski definition) is 1. The largest absolute Gasteiger partial charge is 0.355 e. The first-order chi connectivity index (χ1) is 14.2. The Kier molecular flexibility index (Phi) is 9.99. The van der Waals surface area contributed by atoms with Gasteiger partial charge in [0.1, 0.15) is 0 Å². The minimum Gasteiger partial charge on any atom is -0.332 e. The lowest BCUT2D eigenvalue weighted by Crippen LogP contribution is -2.32. The molecular weight excluding hydrogens is 478 g/mol. The second-order valence-corrected chi connectivity index (χ2v) is 12.8. The van der Waals surface area contributed by atoms with Crippen LogP contribution in [0.3, 0.4) is 0 Å². The molecule has 2 aromatic rings. The van der Waals surface area contributed by atoms with Crippen LogP contribution in [0.4, 0.5) is 5.69 Å². The number of halogens is 2. The molecule has 2 aromatic carbocycles. The molecule has 1 N–H and O–H groups in total. The molecule has 0 aliphatic heterocycles. The summed E-state index contributed by atoms with van der Waals surface area (Å²) in [6.45, 7) is 5.30. The van der Waals surface area contributed by atoms with Gasteiger partial charge in [-0.1, -0.05) is 66.9 Å². The molecule has 0 bridgehead atoms. The van der Waals surface area contributed by atoms with Crippen LogP contribution in [0.25, 0.3) is 0 Å². The van der Waals surface area contributed by atoms with Gasteiger partial charge in [-0.15, -0.1) is 0 Å². The standard InChI is InChI=1S/C21H27Cl2N2O2PS2/c1-5-16(4)30-28(26,27-6-2)25(14-17-9-7-15(3)8-10-17)21(29)24-20-12-18(22)11-19(23)13-20/h7-13,16H,5-6,14H2,1-4H3,(H,24,29). The summed E-state index contributed by atoms with van der Waals surface area (Å²) in [5.74, 6) is 0. The van der Waals surface area contributed by atoms with Gasteiger partial charge in [-0.2, -0.15) is 0 Å². The number of anilines is 1. The highest BCUT2D eigenvalue weighted by Crippen LogP contribution is 2.65. The van der Waals surface area contributed by atoms with Crippen molar-refractivity contribution < 1.29 is 9.09 Å². The summed E-state index contributed by atoms with van der Waals surface area (Å²) < 4.78 is 21.5. The normalized spacial score (nSPS) is 14.1. The summed E-state index contributed by atoms with van der Waals surface area (Å²) in [6.07, 6.45) is 0.865. The van der Waals surface area contributed by atoms with Crippen molar-refractivity contribution in [2.24, 2.45) is 0 Å². The van der Waals surface area contributed by atoms with E-state index >= 15 is 0 Å². The summed E-state index contributed by atoms with van der Waals surface area (Å²) in [5.41, 5.74) is 2.77. The highest BCUT2D eigenvalue weighted by Gasteiger charge is 2.36. The fraction of sp³-hybridized carbons (Fsp3) is 0.381. The van der Waals surface area contributed by atoms with Crippen LogP contribution in [-0.2, 0) is 15.6 Å². The monoisotopic (exact) mass is 504 g/mol. The predicted molar refractivity (Wildman–Crippen MR) is 136 cm³/mol. The molecule has 9 heteroatoms. The highest BCUT2D eigenvalue weighted by molar-refractivity contribution is 8.56. The third kappa shape index (κ3) is 7.44. The molecule has 2 rings (SSSR count). The van der Waals surface area contributed by atoms with E-state index in [1.54, 1.807) is 22.9 Å². The quantitative estimate of drug-likeness (QED) is 0.274. The Morgan fingerprint density at radius 3 is 2.33 bits per heavy atom. The van der Waals surface area contributed by atoms with Gasteiger partial charge < -0.3 is 9.84 Å². The van der Waals surface area contributed by atoms with E-state index in [9.17, 15) is 4.57 Å². The minimum absolute atomic E-state index is 0.145. The maximum Gasteiger partial charge on any atom is 0.355 e. The average molecular weight is 505 g/mol. The third-order valence-electron chi connectivity index (χ3n) is 4.28. The van der Waals surface area contributed by atoms with Crippen LogP contribution >= 0.6 is 53.5 Å². The molecule has 0 aliphatic carbocycles. The van der Waals surface area contributed by atoms with E-state index in [1.807, 2.05) is 45.0 Å². The lowest BCUT2D eigenvalue weighted by molar-refractivity contribution is 0.315. The molecular formula is C21H27Cl2N2O2PS2. The molecule has 30 heavy (non-hydrogen) atoms. The van der Waals surface area contributed by atoms with Crippen molar-refractivity contribution in [3.05, 3.63) is 63.6 Å². The Balaban J connectivity index is 2.40. The Morgan fingerprint density at radius 1 is 1.20 bits per heavy atom. The molecule has 2 atom stereocenters. The van der Waals surface area contributed by atoms with Crippen LogP contribution in [0.2, 0.25) is 10.0 Å². The van der Waals surface area contributed by atoms with Gasteiger partial charge in [0.2, 0.25) is 0 Å². The number of thiocarbonyl (C=S) groups is 1. The predicted octanol–water partition coefficient (Wildman–Crippen LogP) is 8.18. The number of aryl methyl sites for hydroxylation is 1. The number of nitrogens with zero attached hydrogens (tertiary/aromatic N) is 1. The van der Waals surface area contributed by atoms with E-state index in [2.05, 4.69) is 12.2 Å². The Morgan fingerprint density at radius 2 is 1.80 bits per heavy atom. The zero-order valence-electron chi connectivity index (χ0n) is 17.5. The van der Waals surface area contributed by atoms with E-state index in [4.69, 9.17) is 39.9 Å². The topological polar surface area (TPSA) is 41.6 Å². The van der Waals surface area contributed by atoms with E-state index in [0.29, 0.717) is 34.0 Å². The molecule has 0 spiro atoms. The van der Waals surface area contributed by atoms with E-state index in [0.717, 1.165) is 17.5 Å². The van der Waals surface area contributed by atoms with Gasteiger partial charge in [-0.05, 0) is 67.6 Å². The van der Waals surface area contributed by atoms with Crippen LogP contribution in [0, 0.1) is 6.92 Å². The fourth-order valence-electron chi connectivity index (χ4n) is 2.57. The SMILES string of the molecule is CCOP(=O)(SC(C)CC)N(Cc1ccc(C)cc1)C(=S)Nc1cc(Cl)cc(Cl)c1. The minimum atomic E-state index is -3.32. The summed E-state index contributed by atoms with van der Waals surface area (Å²) in [6, 6.07) is 13.1. The van der Waals surface area contributed by atoms with Crippen LogP contribution < -0.4 is 5.32 Å². The van der Waals surface area contributed by atoms with Gasteiger partial charge in [-0.25, -0.2) is 0 Å². The first-order valence-corrected chi connectivity index (χ1v) is 13.9. The van der Waals surface area contributed by atoms with Crippen molar-refractivity contribution in [2.45, 2.75) is 45.9 Å². The van der Waals surface area contributed by atoms with E-state index < -0.39 is 6.72 Å². The lowest BCUT2D eigenvalue weighted by atomic mass is 10.1. The molecule has 0 heterocycles. The van der Waals surface area contributed by atoms with Crippen molar-refractivity contribution in [3.8, 4) is 0 Å². The first-order valence-electron chi connectivity index (χ1n) is 9.70. The van der Waals surface area contributed by atoms with Crippen molar-refractivity contribution >= 4 is 64.3 Å². The van der Waals surface area contributed by atoms with Crippen molar-refractivity contribution in [1.29, 1.82) is 0 Å². The van der Waals surface area contributed by atoms with Gasteiger partial charge in [0.25, 0.3) is 0 Å². The molecule has 4 nitrogen and oxygen atoms in total. The van der Waals surface area contributed by atoms with Gasteiger partial charge >= 0.3 is 6.72 Å². The van der Waals surface area contributed by atoms with Gasteiger partial charge in [0, 0.05) is 21.0 Å². The Bertz CT molecular complexity index is 892. The van der Waals surface area contributed by atoms with Crippen molar-refractivity contribution in [1.82, 2.24) is 4.67 Å². The van der Waals surface area contributed by atoms with Crippen molar-refractivity contribution in [2.75, 3.05) is 11.9 Å². The molecule has 0 radical (unpaired) electrons. The fourth-order valence-corrected chi connectivity index (χ4v) is 8.68. The van der Waals surface area contributed by atoms with Gasteiger partial charge in [0.05, 0.1) is 13.2 Å². The third-order valence-corrected chi connectivity index (χ3v) is 10.4. The summed E-state index contributed by atoms with van der Waals surface area (Å²) in [7, 11) is 0. The zero-order valence-corrected chi connectivity index (χ0v) is 21.6. The zero-order chi connectivity index (χ0) is 22.3. The molecule has 0 aliphatic rings. The van der Waals surface area contributed by atoms with Gasteiger partial charge in [0.15, 0.2) is 5.11 Å². The van der Waals surface area contributed by atoms with Crippen LogP contribution in [0.5, 0.6) is 0 Å². The van der Waals surface area contributed by atoms with Crippen LogP contribution in [-0.4, -0.2) is 21.6 Å². The number of nitrogens with one attached hydrogen (secondary N) is 1. The average Bonchev–Trinajstić information content (AvgIpc) is 2.66. The van der Waals surface area contributed by atoms with Crippen LogP contribution in [0.15, 0.2) is 42.5 Å².